The topological polar surface area (TPSA) is 135 Å². The SMILES string of the molecule is CCCCCCCCOc1cccc(OCCCCCCCC)c1-c1c2nc(c(-c3ccc(N(c4ccc(-c5cccs5)cc4)c4ccc(-c5cccs5)cc4)cc3)c3ccc([nH]3)c(-c3c(OCCCCCCCC)cccc3OCCCCCCCC)c3nc(c(C#Cc4ccc(C(=O)O)s4)c4ccc1[nH]4)C=C3)C=C2. The maximum atomic E-state index is 12.3. The molecule has 2 aliphatic heterocycles. The zero-order chi connectivity index (χ0) is 76.4. The number of aromatic carboxylic acids is 1. The minimum atomic E-state index is -0.993. The Labute approximate surface area is 668 Å². The highest BCUT2D eigenvalue weighted by Gasteiger charge is 2.26. The lowest BCUT2D eigenvalue weighted by atomic mass is 10.0. The standard InChI is InChI=1S/C97H105N5O6S3/c1-5-9-13-17-21-25-63-105-85-33-29-34-86(106-64-26-22-18-14-10-6-2)95(85)93-81-56-54-77(98-81)76(53-51-75-52-62-91(111-75)97(103)104)78-55-57-82(99-78)94(96-87(107-65-27-23-19-15-11-7-3)35-30-36-88(96)108-66-28-24-20-16-12-8-4)84-61-59-80(101-84)92(79-58-60-83(93)100-79)71-43-49-74(50-44-71)102(72-45-39-69(40-46-72)89-37-31-67-109-89)73-47-41-70(42-48-73)90-38-32-68-110-90/h29-50,52,54-62,67-68,98,101H,5-28,63-66H2,1-4H3,(H,103,104). The summed E-state index contributed by atoms with van der Waals surface area (Å²) in [6, 6.07) is 59.6. The van der Waals surface area contributed by atoms with Crippen molar-refractivity contribution < 1.29 is 28.8 Å². The first-order valence-electron chi connectivity index (χ1n) is 40.7. The number of unbranched alkanes of at least 4 members (excludes halogenated alkanes) is 20. The minimum absolute atomic E-state index is 0.213. The van der Waals surface area contributed by atoms with E-state index in [2.05, 4.69) is 229 Å². The van der Waals surface area contributed by atoms with Gasteiger partial charge in [0.2, 0.25) is 0 Å². The molecular weight excluding hydrogens is 1430 g/mol. The van der Waals surface area contributed by atoms with Crippen LogP contribution in [0, 0.1) is 11.8 Å². The Bertz CT molecular complexity index is 4900. The van der Waals surface area contributed by atoms with Gasteiger partial charge in [-0.25, -0.2) is 14.8 Å². The van der Waals surface area contributed by atoms with Crippen LogP contribution in [-0.4, -0.2) is 57.4 Å². The number of fused-ring (bicyclic) bond motifs is 8. The van der Waals surface area contributed by atoms with Crippen molar-refractivity contribution in [2.75, 3.05) is 31.3 Å². The third-order valence-corrected chi connectivity index (χ3v) is 23.5. The highest BCUT2D eigenvalue weighted by Crippen LogP contribution is 2.48. The molecule has 0 atom stereocenters. The van der Waals surface area contributed by atoms with Crippen molar-refractivity contribution >= 4 is 103 Å². The average molecular weight is 1530 g/mol. The van der Waals surface area contributed by atoms with Crippen LogP contribution in [0.3, 0.4) is 0 Å². The van der Waals surface area contributed by atoms with Crippen LogP contribution >= 0.6 is 34.0 Å². The monoisotopic (exact) mass is 1530 g/mol. The second kappa shape index (κ2) is 40.7. The first-order valence-corrected chi connectivity index (χ1v) is 43.3. The number of ether oxygens (including phenoxy) is 4. The lowest BCUT2D eigenvalue weighted by Gasteiger charge is -2.26. The smallest absolute Gasteiger partial charge is 0.345 e. The summed E-state index contributed by atoms with van der Waals surface area (Å²) in [4.78, 5) is 37.5. The normalized spacial score (nSPS) is 11.6. The van der Waals surface area contributed by atoms with E-state index >= 15 is 0 Å². The number of nitrogens with one attached hydrogen (secondary N) is 2. The van der Waals surface area contributed by atoms with E-state index in [1.54, 1.807) is 34.8 Å². The van der Waals surface area contributed by atoms with Crippen molar-refractivity contribution in [1.82, 2.24) is 19.9 Å². The average Bonchev–Trinajstić information content (AvgIpc) is 1.63. The molecule has 6 aromatic heterocycles. The first kappa shape index (κ1) is 78.9. The highest BCUT2D eigenvalue weighted by atomic mass is 32.1. The van der Waals surface area contributed by atoms with Gasteiger partial charge in [-0.1, -0.05) is 229 Å². The molecule has 14 heteroatoms. The molecule has 3 N–H and O–H groups in total. The largest absolute Gasteiger partial charge is 0.493 e. The molecule has 0 radical (unpaired) electrons. The van der Waals surface area contributed by atoms with Crippen LogP contribution in [0.1, 0.15) is 225 Å². The molecule has 0 amide bonds. The van der Waals surface area contributed by atoms with Gasteiger partial charge in [-0.3, -0.25) is 0 Å². The zero-order valence-electron chi connectivity index (χ0n) is 65.0. The highest BCUT2D eigenvalue weighted by molar-refractivity contribution is 7.14. The van der Waals surface area contributed by atoms with Crippen LogP contribution in [0.5, 0.6) is 23.0 Å². The van der Waals surface area contributed by atoms with Crippen LogP contribution in [0.15, 0.2) is 181 Å². The summed E-state index contributed by atoms with van der Waals surface area (Å²) in [5, 5.41) is 14.4. The molecule has 572 valence electrons. The van der Waals surface area contributed by atoms with Crippen LogP contribution in [0.4, 0.5) is 17.1 Å². The molecule has 5 aromatic carbocycles. The summed E-state index contributed by atoms with van der Waals surface area (Å²) >= 11 is 4.64. The lowest BCUT2D eigenvalue weighted by Crippen LogP contribution is -2.09. The number of thiophene rings is 3. The van der Waals surface area contributed by atoms with Gasteiger partial charge in [0.1, 0.15) is 27.9 Å². The number of anilines is 3. The van der Waals surface area contributed by atoms with Gasteiger partial charge in [0, 0.05) is 60.1 Å². The van der Waals surface area contributed by atoms with E-state index in [-0.39, 0.29) is 4.88 Å². The number of rotatable bonds is 41. The Hall–Kier alpha value is -10.2. The van der Waals surface area contributed by atoms with Crippen molar-refractivity contribution in [2.24, 2.45) is 0 Å². The summed E-state index contributed by atoms with van der Waals surface area (Å²) in [5.74, 6) is 8.80. The van der Waals surface area contributed by atoms with E-state index in [4.69, 9.17) is 28.9 Å². The lowest BCUT2D eigenvalue weighted by molar-refractivity contribution is 0.0702. The summed E-state index contributed by atoms with van der Waals surface area (Å²) < 4.78 is 28.2. The molecular formula is C97H105N5O6S3. The molecule has 0 aliphatic carbocycles. The molecule has 0 unspecified atom stereocenters. The third-order valence-electron chi connectivity index (χ3n) is 20.7. The van der Waals surface area contributed by atoms with Gasteiger partial charge in [0.05, 0.1) is 76.3 Å². The molecule has 111 heavy (non-hydrogen) atoms. The van der Waals surface area contributed by atoms with Crippen molar-refractivity contribution in [2.45, 2.75) is 182 Å². The zero-order valence-corrected chi connectivity index (χ0v) is 67.4. The van der Waals surface area contributed by atoms with Gasteiger partial charge in [-0.2, -0.15) is 0 Å². The van der Waals surface area contributed by atoms with Crippen LogP contribution in [-0.2, 0) is 0 Å². The predicted octanol–water partition coefficient (Wildman–Crippen LogP) is 28.7. The van der Waals surface area contributed by atoms with Crippen LogP contribution in [0.25, 0.3) is 101 Å². The van der Waals surface area contributed by atoms with Gasteiger partial charge >= 0.3 is 5.97 Å². The van der Waals surface area contributed by atoms with Crippen LogP contribution < -0.4 is 23.8 Å². The van der Waals surface area contributed by atoms with Gasteiger partial charge in [-0.05, 0) is 187 Å². The number of carboxylic acid groups (broad SMARTS) is 1. The van der Waals surface area contributed by atoms with Gasteiger partial charge in [0.25, 0.3) is 0 Å². The fraction of sp³-hybridized carbons (Fsp3) is 0.330. The van der Waals surface area contributed by atoms with E-state index in [1.807, 2.05) is 18.2 Å². The van der Waals surface area contributed by atoms with E-state index in [0.29, 0.717) is 82.5 Å². The molecule has 0 saturated carbocycles. The molecule has 13 rings (SSSR count). The second-order valence-electron chi connectivity index (χ2n) is 28.9. The van der Waals surface area contributed by atoms with Gasteiger partial charge < -0.3 is 38.9 Å². The number of H-pyrrole nitrogens is 2. The Balaban J connectivity index is 1.05. The molecule has 0 spiro atoms. The number of aromatic nitrogens is 4. The van der Waals surface area contributed by atoms with Gasteiger partial charge in [0.15, 0.2) is 0 Å². The molecule has 8 heterocycles. The van der Waals surface area contributed by atoms with Crippen LogP contribution in [0.2, 0.25) is 0 Å². The summed E-state index contributed by atoms with van der Waals surface area (Å²) in [5.41, 5.74) is 17.0. The van der Waals surface area contributed by atoms with E-state index < -0.39 is 5.97 Å². The fourth-order valence-corrected chi connectivity index (χ4v) is 16.9. The molecule has 11 nitrogen and oxygen atoms in total. The van der Waals surface area contributed by atoms with Crippen molar-refractivity contribution in [1.29, 1.82) is 0 Å². The number of carboxylic acids is 1. The summed E-state index contributed by atoms with van der Waals surface area (Å²) in [6.45, 7) is 11.2. The molecule has 0 saturated heterocycles. The summed E-state index contributed by atoms with van der Waals surface area (Å²) in [6.07, 6.45) is 35.5. The minimum Gasteiger partial charge on any atom is -0.493 e. The Morgan fingerprint density at radius 3 is 1.13 bits per heavy atom. The Morgan fingerprint density at radius 1 is 0.369 bits per heavy atom. The molecule has 8 bridgehead atoms. The maximum Gasteiger partial charge on any atom is 0.345 e. The molecule has 11 aromatic rings. The number of hydrogen-bond acceptors (Lipinski definition) is 11. The number of hydrogen-bond donors (Lipinski definition) is 3. The first-order chi connectivity index (χ1) is 54.8. The quantitative estimate of drug-likeness (QED) is 0.0253. The summed E-state index contributed by atoms with van der Waals surface area (Å²) in [7, 11) is 0. The van der Waals surface area contributed by atoms with E-state index in [0.717, 1.165) is 161 Å². The van der Waals surface area contributed by atoms with E-state index in [9.17, 15) is 9.90 Å². The van der Waals surface area contributed by atoms with Gasteiger partial charge in [-0.15, -0.1) is 34.0 Å². The predicted molar refractivity (Wildman–Crippen MR) is 469 cm³/mol. The fourth-order valence-electron chi connectivity index (χ4n) is 14.7. The Kier molecular flexibility index (Phi) is 28.9. The number of nitrogens with zero attached hydrogens (tertiary/aromatic N) is 3. The van der Waals surface area contributed by atoms with Crippen molar-refractivity contribution in [3.63, 3.8) is 0 Å². The molecule has 0 fully saturated rings. The third kappa shape index (κ3) is 20.5. The number of carbonyl (C=O) groups is 1. The molecule has 2 aliphatic rings. The van der Waals surface area contributed by atoms with Crippen molar-refractivity contribution in [3.8, 4) is 89.1 Å². The van der Waals surface area contributed by atoms with E-state index in [1.165, 1.54) is 97.9 Å². The van der Waals surface area contributed by atoms with Crippen molar-refractivity contribution in [3.05, 3.63) is 219 Å². The maximum absolute atomic E-state index is 12.3. The Morgan fingerprint density at radius 2 is 0.730 bits per heavy atom. The number of aromatic amines is 2. The second-order valence-corrected chi connectivity index (χ2v) is 31.9. The number of benzene rings is 5.